The van der Waals surface area contributed by atoms with E-state index >= 15 is 0 Å². The van der Waals surface area contributed by atoms with Crippen molar-refractivity contribution >= 4 is 23.4 Å². The van der Waals surface area contributed by atoms with Crippen molar-refractivity contribution in [3.8, 4) is 17.2 Å². The maximum atomic E-state index is 12.4. The molecule has 10 nitrogen and oxygen atoms in total. The summed E-state index contributed by atoms with van der Waals surface area (Å²) in [5.41, 5.74) is 1.32. The monoisotopic (exact) mass is 430 g/mol. The smallest absolute Gasteiger partial charge is 0.262 e. The molecular weight excluding hydrogens is 408 g/mol. The number of thioether (sulfide) groups is 1. The van der Waals surface area contributed by atoms with Gasteiger partial charge in [-0.3, -0.25) is 9.78 Å². The minimum Gasteiger partial charge on any atom is -0.492 e. The fourth-order valence-electron chi connectivity index (χ4n) is 2.47. The SMILES string of the molecule is CCOc1ccccc1NC(=O)COc1cc(CSc2nnnn2C)ncc1OC. The lowest BCUT2D eigenvalue weighted by molar-refractivity contribution is -0.118. The van der Waals surface area contributed by atoms with Crippen molar-refractivity contribution in [1.82, 2.24) is 25.2 Å². The van der Waals surface area contributed by atoms with Crippen LogP contribution in [0.4, 0.5) is 5.69 Å². The Morgan fingerprint density at radius 2 is 2.03 bits per heavy atom. The molecule has 11 heteroatoms. The molecule has 0 aliphatic rings. The number of aryl methyl sites for hydroxylation is 1. The number of aromatic nitrogens is 5. The average molecular weight is 430 g/mol. The van der Waals surface area contributed by atoms with Crippen LogP contribution in [0, 0.1) is 0 Å². The first-order valence-electron chi connectivity index (χ1n) is 9.13. The maximum absolute atomic E-state index is 12.4. The second-order valence-electron chi connectivity index (χ2n) is 5.97. The summed E-state index contributed by atoms with van der Waals surface area (Å²) in [6.45, 7) is 2.19. The molecule has 0 saturated heterocycles. The van der Waals surface area contributed by atoms with Gasteiger partial charge in [0.1, 0.15) is 5.75 Å². The van der Waals surface area contributed by atoms with Gasteiger partial charge in [0.25, 0.3) is 5.91 Å². The molecule has 3 aromatic rings. The van der Waals surface area contributed by atoms with Crippen LogP contribution in [0.3, 0.4) is 0 Å². The molecule has 0 spiro atoms. The summed E-state index contributed by atoms with van der Waals surface area (Å²) in [6.07, 6.45) is 1.56. The molecule has 0 atom stereocenters. The Morgan fingerprint density at radius 3 is 2.77 bits per heavy atom. The Balaban J connectivity index is 1.62. The quantitative estimate of drug-likeness (QED) is 0.484. The summed E-state index contributed by atoms with van der Waals surface area (Å²) in [5, 5.41) is 14.8. The van der Waals surface area contributed by atoms with Gasteiger partial charge < -0.3 is 19.5 Å². The van der Waals surface area contributed by atoms with Crippen LogP contribution in [0.25, 0.3) is 0 Å². The van der Waals surface area contributed by atoms with Gasteiger partial charge >= 0.3 is 0 Å². The Morgan fingerprint density at radius 1 is 1.20 bits per heavy atom. The summed E-state index contributed by atoms with van der Waals surface area (Å²) < 4.78 is 18.1. The standard InChI is InChI=1S/C19H22N6O4S/c1-4-28-15-8-6-5-7-14(15)21-18(26)11-29-16-9-13(20-10-17(16)27-3)12-30-19-22-23-24-25(19)2/h5-10H,4,11-12H2,1-3H3,(H,21,26). The molecule has 30 heavy (non-hydrogen) atoms. The predicted octanol–water partition coefficient (Wildman–Crippen LogP) is 2.32. The largest absolute Gasteiger partial charge is 0.492 e. The number of hydrogen-bond acceptors (Lipinski definition) is 9. The third-order valence-corrected chi connectivity index (χ3v) is 4.90. The van der Waals surface area contributed by atoms with Gasteiger partial charge in [-0.25, -0.2) is 4.68 Å². The van der Waals surface area contributed by atoms with Crippen LogP contribution in [0.1, 0.15) is 12.6 Å². The fraction of sp³-hybridized carbons (Fsp3) is 0.316. The number of carbonyl (C=O) groups excluding carboxylic acids is 1. The molecule has 0 radical (unpaired) electrons. The molecule has 3 rings (SSSR count). The van der Waals surface area contributed by atoms with Crippen molar-refractivity contribution in [2.45, 2.75) is 17.8 Å². The van der Waals surface area contributed by atoms with E-state index in [0.29, 0.717) is 40.5 Å². The van der Waals surface area contributed by atoms with Crippen molar-refractivity contribution < 1.29 is 19.0 Å². The molecule has 1 amide bonds. The van der Waals surface area contributed by atoms with Gasteiger partial charge in [0.2, 0.25) is 5.16 Å². The third-order valence-electron chi connectivity index (χ3n) is 3.86. The van der Waals surface area contributed by atoms with Gasteiger partial charge in [0, 0.05) is 18.9 Å². The molecule has 0 aliphatic heterocycles. The lowest BCUT2D eigenvalue weighted by Crippen LogP contribution is -2.21. The lowest BCUT2D eigenvalue weighted by Gasteiger charge is -2.13. The van der Waals surface area contributed by atoms with E-state index in [4.69, 9.17) is 14.2 Å². The Bertz CT molecular complexity index is 997. The third kappa shape index (κ3) is 5.60. The number of anilines is 1. The van der Waals surface area contributed by atoms with E-state index in [2.05, 4.69) is 25.8 Å². The van der Waals surface area contributed by atoms with Crippen molar-refractivity contribution in [2.24, 2.45) is 7.05 Å². The second-order valence-corrected chi connectivity index (χ2v) is 6.91. The molecule has 2 heterocycles. The van der Waals surface area contributed by atoms with Crippen LogP contribution < -0.4 is 19.5 Å². The molecular formula is C19H22N6O4S. The van der Waals surface area contributed by atoms with Gasteiger partial charge in [-0.2, -0.15) is 0 Å². The summed E-state index contributed by atoms with van der Waals surface area (Å²) in [6, 6.07) is 8.96. The summed E-state index contributed by atoms with van der Waals surface area (Å²) in [7, 11) is 3.28. The Labute approximate surface area is 177 Å². The van der Waals surface area contributed by atoms with E-state index in [1.54, 1.807) is 36.1 Å². The highest BCUT2D eigenvalue weighted by Crippen LogP contribution is 2.29. The van der Waals surface area contributed by atoms with Gasteiger partial charge in [-0.15, -0.1) is 5.10 Å². The number of pyridine rings is 1. The minimum atomic E-state index is -0.317. The van der Waals surface area contributed by atoms with Gasteiger partial charge in [0.15, 0.2) is 18.1 Å². The van der Waals surface area contributed by atoms with Crippen molar-refractivity contribution in [3.63, 3.8) is 0 Å². The molecule has 0 unspecified atom stereocenters. The van der Waals surface area contributed by atoms with Crippen LogP contribution in [-0.2, 0) is 17.6 Å². The van der Waals surface area contributed by atoms with E-state index in [1.165, 1.54) is 18.9 Å². The number of benzene rings is 1. The van der Waals surface area contributed by atoms with E-state index in [0.717, 1.165) is 5.69 Å². The minimum absolute atomic E-state index is 0.194. The molecule has 1 N–H and O–H groups in total. The van der Waals surface area contributed by atoms with Gasteiger partial charge in [0.05, 0.1) is 31.3 Å². The molecule has 0 aliphatic carbocycles. The van der Waals surface area contributed by atoms with E-state index in [1.807, 2.05) is 19.1 Å². The Kier molecular flexibility index (Phi) is 7.44. The number of nitrogens with one attached hydrogen (secondary N) is 1. The molecule has 158 valence electrons. The molecule has 2 aromatic heterocycles. The number of hydrogen-bond donors (Lipinski definition) is 1. The zero-order chi connectivity index (χ0) is 21.3. The maximum Gasteiger partial charge on any atom is 0.262 e. The topological polar surface area (TPSA) is 113 Å². The normalized spacial score (nSPS) is 10.5. The first kappa shape index (κ1) is 21.4. The van der Waals surface area contributed by atoms with E-state index in [-0.39, 0.29) is 12.5 Å². The first-order chi connectivity index (χ1) is 14.6. The van der Waals surface area contributed by atoms with Crippen molar-refractivity contribution in [3.05, 3.63) is 42.2 Å². The predicted molar refractivity (Wildman–Crippen MR) is 111 cm³/mol. The number of nitrogens with zero attached hydrogens (tertiary/aromatic N) is 5. The second kappa shape index (κ2) is 10.4. The number of carbonyl (C=O) groups is 1. The molecule has 0 fully saturated rings. The summed E-state index contributed by atoms with van der Waals surface area (Å²) >= 11 is 1.44. The summed E-state index contributed by atoms with van der Waals surface area (Å²) in [4.78, 5) is 16.7. The fourth-order valence-corrected chi connectivity index (χ4v) is 3.23. The molecule has 0 bridgehead atoms. The lowest BCUT2D eigenvalue weighted by atomic mass is 10.3. The van der Waals surface area contributed by atoms with Crippen LogP contribution in [0.5, 0.6) is 17.2 Å². The van der Waals surface area contributed by atoms with Gasteiger partial charge in [-0.05, 0) is 29.5 Å². The highest BCUT2D eigenvalue weighted by molar-refractivity contribution is 7.98. The van der Waals surface area contributed by atoms with E-state index in [9.17, 15) is 4.79 Å². The number of methoxy groups -OCH3 is 1. The molecule has 1 aromatic carbocycles. The van der Waals surface area contributed by atoms with Crippen LogP contribution in [0.15, 0.2) is 41.7 Å². The first-order valence-corrected chi connectivity index (χ1v) is 10.1. The zero-order valence-corrected chi connectivity index (χ0v) is 17.7. The number of para-hydroxylation sites is 2. The highest BCUT2D eigenvalue weighted by atomic mass is 32.2. The molecule has 0 saturated carbocycles. The van der Waals surface area contributed by atoms with Crippen LogP contribution in [-0.4, -0.2) is 51.4 Å². The zero-order valence-electron chi connectivity index (χ0n) is 16.9. The number of rotatable bonds is 10. The summed E-state index contributed by atoms with van der Waals surface area (Å²) in [5.74, 6) is 1.68. The number of tetrazole rings is 1. The Hall–Kier alpha value is -3.34. The van der Waals surface area contributed by atoms with Crippen molar-refractivity contribution in [2.75, 3.05) is 25.6 Å². The highest BCUT2D eigenvalue weighted by Gasteiger charge is 2.13. The van der Waals surface area contributed by atoms with E-state index < -0.39 is 0 Å². The number of ether oxygens (including phenoxy) is 3. The van der Waals surface area contributed by atoms with Crippen LogP contribution >= 0.6 is 11.8 Å². The average Bonchev–Trinajstić information content (AvgIpc) is 3.17. The van der Waals surface area contributed by atoms with Crippen LogP contribution in [0.2, 0.25) is 0 Å². The van der Waals surface area contributed by atoms with Crippen molar-refractivity contribution in [1.29, 1.82) is 0 Å². The van der Waals surface area contributed by atoms with Gasteiger partial charge in [-0.1, -0.05) is 23.9 Å². The number of amides is 1.